The normalized spacial score (nSPS) is 17.7. The average molecular weight is 433 g/mol. The van der Waals surface area contributed by atoms with Gasteiger partial charge in [0, 0.05) is 18.5 Å². The van der Waals surface area contributed by atoms with Gasteiger partial charge in [0.15, 0.2) is 23.0 Å². The standard InChI is InChI=1S/C23H25F2NO5/c1-3-28-19-12-16(5-6-18(19)31-23(24)25)22(27)26-8-7-15-11-20-21(13-17(15)14(26)2)30-10-4-9-29-20/h5-6,11-14,23H,3-4,7-10H2,1-2H3/t14-/m0/s1. The van der Waals surface area contributed by atoms with Gasteiger partial charge < -0.3 is 23.8 Å². The SMILES string of the molecule is CCOc1cc(C(=O)N2CCc3cc4c(cc3[C@@H]2C)OCCCO4)ccc1OC(F)F. The lowest BCUT2D eigenvalue weighted by molar-refractivity contribution is -0.0514. The smallest absolute Gasteiger partial charge is 0.387 e. The second-order valence-corrected chi connectivity index (χ2v) is 7.45. The molecule has 1 atom stereocenters. The van der Waals surface area contributed by atoms with Gasteiger partial charge in [0.05, 0.1) is 25.9 Å². The second-order valence-electron chi connectivity index (χ2n) is 7.45. The molecule has 2 aliphatic rings. The number of alkyl halides is 2. The molecule has 0 fully saturated rings. The van der Waals surface area contributed by atoms with E-state index in [9.17, 15) is 13.6 Å². The molecular weight excluding hydrogens is 408 g/mol. The van der Waals surface area contributed by atoms with Crippen LogP contribution in [-0.2, 0) is 6.42 Å². The van der Waals surface area contributed by atoms with Crippen molar-refractivity contribution in [2.24, 2.45) is 0 Å². The topological polar surface area (TPSA) is 57.2 Å². The van der Waals surface area contributed by atoms with E-state index in [0.717, 1.165) is 23.3 Å². The van der Waals surface area contributed by atoms with Crippen molar-refractivity contribution in [2.75, 3.05) is 26.4 Å². The zero-order chi connectivity index (χ0) is 22.0. The van der Waals surface area contributed by atoms with Gasteiger partial charge in [0.25, 0.3) is 5.91 Å². The van der Waals surface area contributed by atoms with E-state index in [1.165, 1.54) is 18.2 Å². The molecule has 0 aliphatic carbocycles. The van der Waals surface area contributed by atoms with Crippen molar-refractivity contribution in [3.05, 3.63) is 47.0 Å². The number of hydrogen-bond acceptors (Lipinski definition) is 5. The Morgan fingerprint density at radius 2 is 1.90 bits per heavy atom. The number of carbonyl (C=O) groups is 1. The first kappa shape index (κ1) is 21.2. The molecule has 0 N–H and O–H groups in total. The minimum Gasteiger partial charge on any atom is -0.490 e. The summed E-state index contributed by atoms with van der Waals surface area (Å²) < 4.78 is 46.8. The van der Waals surface area contributed by atoms with E-state index in [0.29, 0.717) is 37.5 Å². The number of ether oxygens (including phenoxy) is 4. The summed E-state index contributed by atoms with van der Waals surface area (Å²) in [6.07, 6.45) is 1.51. The monoisotopic (exact) mass is 433 g/mol. The van der Waals surface area contributed by atoms with Crippen LogP contribution in [0.1, 0.15) is 47.8 Å². The molecule has 8 heteroatoms. The van der Waals surface area contributed by atoms with Crippen LogP contribution < -0.4 is 18.9 Å². The minimum absolute atomic E-state index is 0.0923. The van der Waals surface area contributed by atoms with Crippen molar-refractivity contribution < 1.29 is 32.5 Å². The van der Waals surface area contributed by atoms with Crippen molar-refractivity contribution in [3.63, 3.8) is 0 Å². The van der Waals surface area contributed by atoms with Gasteiger partial charge in [0.2, 0.25) is 0 Å². The first-order valence-corrected chi connectivity index (χ1v) is 10.4. The van der Waals surface area contributed by atoms with Gasteiger partial charge in [-0.2, -0.15) is 8.78 Å². The number of halogens is 2. The van der Waals surface area contributed by atoms with Crippen LogP contribution in [0.5, 0.6) is 23.0 Å². The maximum absolute atomic E-state index is 13.3. The molecule has 0 saturated carbocycles. The summed E-state index contributed by atoms with van der Waals surface area (Å²) in [6, 6.07) is 8.08. The van der Waals surface area contributed by atoms with Crippen LogP contribution in [0.15, 0.2) is 30.3 Å². The summed E-state index contributed by atoms with van der Waals surface area (Å²) in [6.45, 7) is 2.75. The fourth-order valence-corrected chi connectivity index (χ4v) is 4.02. The Bertz CT molecular complexity index is 965. The third kappa shape index (κ3) is 4.38. The van der Waals surface area contributed by atoms with Gasteiger partial charge in [-0.05, 0) is 61.7 Å². The number of fused-ring (bicyclic) bond motifs is 2. The third-order valence-corrected chi connectivity index (χ3v) is 5.52. The van der Waals surface area contributed by atoms with Crippen molar-refractivity contribution >= 4 is 5.91 Å². The molecule has 0 saturated heterocycles. The maximum atomic E-state index is 13.3. The Hall–Kier alpha value is -3.03. The molecule has 2 aliphatic heterocycles. The Morgan fingerprint density at radius 3 is 2.61 bits per heavy atom. The summed E-state index contributed by atoms with van der Waals surface area (Å²) >= 11 is 0. The Kier molecular flexibility index (Phi) is 6.15. The lowest BCUT2D eigenvalue weighted by Crippen LogP contribution is -2.38. The quantitative estimate of drug-likeness (QED) is 0.690. The molecule has 31 heavy (non-hydrogen) atoms. The van der Waals surface area contributed by atoms with Crippen LogP contribution in [0.4, 0.5) is 8.78 Å². The number of amides is 1. The summed E-state index contributed by atoms with van der Waals surface area (Å²) in [5, 5.41) is 0. The van der Waals surface area contributed by atoms with E-state index in [2.05, 4.69) is 4.74 Å². The molecule has 0 unspecified atom stereocenters. The molecule has 6 nitrogen and oxygen atoms in total. The number of rotatable bonds is 5. The highest BCUT2D eigenvalue weighted by atomic mass is 19.3. The average Bonchev–Trinajstić information content (AvgIpc) is 2.98. The predicted molar refractivity (Wildman–Crippen MR) is 109 cm³/mol. The number of hydrogen-bond donors (Lipinski definition) is 0. The number of nitrogens with zero attached hydrogens (tertiary/aromatic N) is 1. The molecule has 4 rings (SSSR count). The van der Waals surface area contributed by atoms with Crippen LogP contribution in [-0.4, -0.2) is 43.8 Å². The Morgan fingerprint density at radius 1 is 1.16 bits per heavy atom. The molecule has 166 valence electrons. The van der Waals surface area contributed by atoms with Gasteiger partial charge in [-0.15, -0.1) is 0 Å². The van der Waals surface area contributed by atoms with E-state index in [1.54, 1.807) is 11.8 Å². The van der Waals surface area contributed by atoms with E-state index >= 15 is 0 Å². The van der Waals surface area contributed by atoms with E-state index < -0.39 is 6.61 Å². The second kappa shape index (κ2) is 8.99. The van der Waals surface area contributed by atoms with Crippen LogP contribution in [0, 0.1) is 0 Å². The largest absolute Gasteiger partial charge is 0.490 e. The van der Waals surface area contributed by atoms with Gasteiger partial charge in [-0.25, -0.2) is 0 Å². The summed E-state index contributed by atoms with van der Waals surface area (Å²) in [5.41, 5.74) is 2.51. The zero-order valence-corrected chi connectivity index (χ0v) is 17.5. The summed E-state index contributed by atoms with van der Waals surface area (Å²) in [7, 11) is 0. The van der Waals surface area contributed by atoms with Gasteiger partial charge in [-0.1, -0.05) is 0 Å². The van der Waals surface area contributed by atoms with Crippen LogP contribution in [0.3, 0.4) is 0 Å². The third-order valence-electron chi connectivity index (χ3n) is 5.52. The number of carbonyl (C=O) groups excluding carboxylic acids is 1. The van der Waals surface area contributed by atoms with Gasteiger partial charge in [0.1, 0.15) is 0 Å². The molecule has 2 heterocycles. The van der Waals surface area contributed by atoms with Gasteiger partial charge in [-0.3, -0.25) is 4.79 Å². The van der Waals surface area contributed by atoms with Crippen LogP contribution >= 0.6 is 0 Å². The van der Waals surface area contributed by atoms with Crippen molar-refractivity contribution in [1.29, 1.82) is 0 Å². The van der Waals surface area contributed by atoms with Crippen molar-refractivity contribution in [3.8, 4) is 23.0 Å². The highest BCUT2D eigenvalue weighted by Gasteiger charge is 2.30. The molecule has 0 spiro atoms. The maximum Gasteiger partial charge on any atom is 0.387 e. The molecule has 2 aromatic carbocycles. The molecular formula is C23H25F2NO5. The molecule has 2 aromatic rings. The van der Waals surface area contributed by atoms with E-state index in [1.807, 2.05) is 19.1 Å². The zero-order valence-electron chi connectivity index (χ0n) is 17.5. The first-order chi connectivity index (χ1) is 15.0. The van der Waals surface area contributed by atoms with E-state index in [-0.39, 0.29) is 30.1 Å². The highest BCUT2D eigenvalue weighted by molar-refractivity contribution is 5.95. The fraction of sp³-hybridized carbons (Fsp3) is 0.435. The highest BCUT2D eigenvalue weighted by Crippen LogP contribution is 2.40. The van der Waals surface area contributed by atoms with E-state index in [4.69, 9.17) is 14.2 Å². The Balaban J connectivity index is 1.60. The van der Waals surface area contributed by atoms with Crippen molar-refractivity contribution in [1.82, 2.24) is 4.90 Å². The molecule has 1 amide bonds. The van der Waals surface area contributed by atoms with Gasteiger partial charge >= 0.3 is 6.61 Å². The Labute approximate surface area is 179 Å². The summed E-state index contributed by atoms with van der Waals surface area (Å²) in [5.74, 6) is 1.28. The lowest BCUT2D eigenvalue weighted by atomic mass is 9.92. The fourth-order valence-electron chi connectivity index (χ4n) is 4.02. The molecule has 0 aromatic heterocycles. The predicted octanol–water partition coefficient (Wildman–Crippen LogP) is 4.61. The first-order valence-electron chi connectivity index (χ1n) is 10.4. The van der Waals surface area contributed by atoms with Crippen molar-refractivity contribution in [2.45, 2.75) is 39.3 Å². The van der Waals surface area contributed by atoms with Crippen LogP contribution in [0.25, 0.3) is 0 Å². The molecule has 0 bridgehead atoms. The molecule has 0 radical (unpaired) electrons. The number of benzene rings is 2. The lowest BCUT2D eigenvalue weighted by Gasteiger charge is -2.36. The summed E-state index contributed by atoms with van der Waals surface area (Å²) in [4.78, 5) is 15.0. The minimum atomic E-state index is -2.97. The van der Waals surface area contributed by atoms with Crippen LogP contribution in [0.2, 0.25) is 0 Å².